The number of carbonyl (C=O) groups is 2. The van der Waals surface area contributed by atoms with E-state index in [2.05, 4.69) is 10.6 Å². The zero-order chi connectivity index (χ0) is 17.8. The van der Waals surface area contributed by atoms with Crippen LogP contribution in [-0.4, -0.2) is 17.6 Å². The van der Waals surface area contributed by atoms with E-state index in [0.717, 1.165) is 12.8 Å². The predicted octanol–water partition coefficient (Wildman–Crippen LogP) is 4.60. The molecule has 2 aromatic rings. The molecule has 0 bridgehead atoms. The summed E-state index contributed by atoms with van der Waals surface area (Å²) in [7, 11) is 0. The zero-order valence-electron chi connectivity index (χ0n) is 13.2. The highest BCUT2D eigenvalue weighted by atomic mass is 32.2. The fourth-order valence-electron chi connectivity index (χ4n) is 2.22. The highest BCUT2D eigenvalue weighted by Gasteiger charge is 2.29. The Morgan fingerprint density at radius 2 is 1.48 bits per heavy atom. The normalized spacial score (nSPS) is 13.6. The Morgan fingerprint density at radius 1 is 0.920 bits per heavy atom. The number of anilines is 2. The van der Waals surface area contributed by atoms with Gasteiger partial charge in [0.15, 0.2) is 0 Å². The van der Waals surface area contributed by atoms with E-state index in [-0.39, 0.29) is 17.7 Å². The summed E-state index contributed by atoms with van der Waals surface area (Å²) >= 11 is 0.436. The van der Waals surface area contributed by atoms with Crippen molar-refractivity contribution in [3.8, 4) is 0 Å². The Morgan fingerprint density at radius 3 is 2.00 bits per heavy atom. The van der Waals surface area contributed by atoms with E-state index in [1.54, 1.807) is 24.3 Å². The largest absolute Gasteiger partial charge is 0.326 e. The maximum Gasteiger partial charge on any atom is 0.288 e. The first-order chi connectivity index (χ1) is 12.0. The standard InChI is InChI=1S/C18H16F2N2O2S/c19-18(20)25-15-9-3-12(4-10-15)17(24)22-14-7-5-13(6-8-14)21-16(23)11-1-2-11/h3-11,18H,1-2H2,(H,21,23)(H,22,24). The molecule has 1 fully saturated rings. The van der Waals surface area contributed by atoms with Crippen LogP contribution in [0, 0.1) is 5.92 Å². The molecule has 1 saturated carbocycles. The molecule has 130 valence electrons. The van der Waals surface area contributed by atoms with Crippen molar-refractivity contribution in [1.29, 1.82) is 0 Å². The lowest BCUT2D eigenvalue weighted by atomic mass is 10.2. The van der Waals surface area contributed by atoms with Crippen molar-refractivity contribution in [1.82, 2.24) is 0 Å². The van der Waals surface area contributed by atoms with Crippen LogP contribution >= 0.6 is 11.8 Å². The Kier molecular flexibility index (Phi) is 5.33. The van der Waals surface area contributed by atoms with Gasteiger partial charge in [-0.2, -0.15) is 8.78 Å². The van der Waals surface area contributed by atoms with Gasteiger partial charge in [0, 0.05) is 27.8 Å². The maximum absolute atomic E-state index is 12.3. The molecule has 2 aromatic carbocycles. The van der Waals surface area contributed by atoms with Gasteiger partial charge >= 0.3 is 0 Å². The van der Waals surface area contributed by atoms with Crippen molar-refractivity contribution in [3.63, 3.8) is 0 Å². The first-order valence-corrected chi connectivity index (χ1v) is 8.66. The number of rotatable bonds is 6. The van der Waals surface area contributed by atoms with Gasteiger partial charge in [0.2, 0.25) is 5.91 Å². The first-order valence-electron chi connectivity index (χ1n) is 7.78. The fourth-order valence-corrected chi connectivity index (χ4v) is 2.72. The number of alkyl halides is 2. The van der Waals surface area contributed by atoms with Crippen LogP contribution < -0.4 is 10.6 Å². The average Bonchev–Trinajstić information content (AvgIpc) is 3.42. The third-order valence-electron chi connectivity index (χ3n) is 3.70. The lowest BCUT2D eigenvalue weighted by molar-refractivity contribution is -0.117. The summed E-state index contributed by atoms with van der Waals surface area (Å²) in [5, 5.41) is 5.55. The minimum atomic E-state index is -2.49. The van der Waals surface area contributed by atoms with Gasteiger partial charge in [0.25, 0.3) is 11.7 Å². The number of hydrogen-bond donors (Lipinski definition) is 2. The van der Waals surface area contributed by atoms with Gasteiger partial charge in [-0.25, -0.2) is 0 Å². The number of benzene rings is 2. The van der Waals surface area contributed by atoms with Crippen LogP contribution in [0.2, 0.25) is 0 Å². The molecular weight excluding hydrogens is 346 g/mol. The molecule has 3 rings (SSSR count). The van der Waals surface area contributed by atoms with E-state index in [1.165, 1.54) is 24.3 Å². The molecule has 0 spiro atoms. The number of halogens is 2. The third kappa shape index (κ3) is 5.03. The molecule has 1 aliphatic carbocycles. The van der Waals surface area contributed by atoms with Crippen LogP contribution in [0.5, 0.6) is 0 Å². The molecule has 0 radical (unpaired) electrons. The fraction of sp³-hybridized carbons (Fsp3) is 0.222. The maximum atomic E-state index is 12.3. The lowest BCUT2D eigenvalue weighted by Crippen LogP contribution is -2.14. The van der Waals surface area contributed by atoms with Crippen molar-refractivity contribution in [2.45, 2.75) is 23.5 Å². The Balaban J connectivity index is 1.57. The second kappa shape index (κ2) is 7.65. The summed E-state index contributed by atoms with van der Waals surface area (Å²) in [6.07, 6.45) is 1.88. The minimum absolute atomic E-state index is 0.0264. The minimum Gasteiger partial charge on any atom is -0.326 e. The topological polar surface area (TPSA) is 58.2 Å². The van der Waals surface area contributed by atoms with Gasteiger partial charge in [0.1, 0.15) is 0 Å². The summed E-state index contributed by atoms with van der Waals surface area (Å²) in [6.45, 7) is 0. The molecule has 0 aromatic heterocycles. The lowest BCUT2D eigenvalue weighted by Gasteiger charge is -2.08. The summed E-state index contributed by atoms with van der Waals surface area (Å²) in [4.78, 5) is 24.3. The van der Waals surface area contributed by atoms with E-state index < -0.39 is 5.76 Å². The van der Waals surface area contributed by atoms with Gasteiger partial charge < -0.3 is 10.6 Å². The number of amides is 2. The van der Waals surface area contributed by atoms with Crippen molar-refractivity contribution in [2.24, 2.45) is 5.92 Å². The molecule has 0 atom stereocenters. The van der Waals surface area contributed by atoms with Crippen LogP contribution in [0.25, 0.3) is 0 Å². The summed E-state index contributed by atoms with van der Waals surface area (Å²) in [5.41, 5.74) is 1.65. The van der Waals surface area contributed by atoms with Crippen LogP contribution in [0.15, 0.2) is 53.4 Å². The van der Waals surface area contributed by atoms with Crippen LogP contribution in [0.3, 0.4) is 0 Å². The first kappa shape index (κ1) is 17.4. The number of carbonyl (C=O) groups excluding carboxylic acids is 2. The second-order valence-electron chi connectivity index (χ2n) is 5.70. The second-order valence-corrected chi connectivity index (χ2v) is 6.76. The molecule has 2 amide bonds. The quantitative estimate of drug-likeness (QED) is 0.738. The van der Waals surface area contributed by atoms with Crippen molar-refractivity contribution in [2.75, 3.05) is 10.6 Å². The molecule has 0 unspecified atom stereocenters. The van der Waals surface area contributed by atoms with Crippen molar-refractivity contribution in [3.05, 3.63) is 54.1 Å². The van der Waals surface area contributed by atoms with Crippen LogP contribution in [0.4, 0.5) is 20.2 Å². The number of hydrogen-bond acceptors (Lipinski definition) is 3. The van der Waals surface area contributed by atoms with Gasteiger partial charge in [-0.15, -0.1) is 0 Å². The third-order valence-corrected chi connectivity index (χ3v) is 4.42. The zero-order valence-corrected chi connectivity index (χ0v) is 14.0. The van der Waals surface area contributed by atoms with Crippen molar-refractivity contribution < 1.29 is 18.4 Å². The molecule has 7 heteroatoms. The molecular formula is C18H16F2N2O2S. The van der Waals surface area contributed by atoms with Crippen LogP contribution in [-0.2, 0) is 4.79 Å². The number of thioether (sulfide) groups is 1. The Bertz CT molecular complexity index is 760. The van der Waals surface area contributed by atoms with Gasteiger partial charge in [-0.1, -0.05) is 11.8 Å². The molecule has 25 heavy (non-hydrogen) atoms. The highest BCUT2D eigenvalue weighted by molar-refractivity contribution is 7.99. The molecule has 0 saturated heterocycles. The SMILES string of the molecule is O=C(Nc1ccc(NC(=O)C2CC2)cc1)c1ccc(SC(F)F)cc1. The van der Waals surface area contributed by atoms with E-state index in [4.69, 9.17) is 0 Å². The van der Waals surface area contributed by atoms with Gasteiger partial charge in [-0.05, 0) is 61.4 Å². The molecule has 2 N–H and O–H groups in total. The molecule has 4 nitrogen and oxygen atoms in total. The summed E-state index contributed by atoms with van der Waals surface area (Å²) in [5.74, 6) is -2.66. The molecule has 0 aliphatic heterocycles. The van der Waals surface area contributed by atoms with Crippen LogP contribution in [0.1, 0.15) is 23.2 Å². The summed E-state index contributed by atoms with van der Waals surface area (Å²) in [6, 6.07) is 12.8. The van der Waals surface area contributed by atoms with Gasteiger partial charge in [0.05, 0.1) is 0 Å². The Hall–Kier alpha value is -2.41. The highest BCUT2D eigenvalue weighted by Crippen LogP contribution is 2.30. The monoisotopic (exact) mass is 362 g/mol. The van der Waals surface area contributed by atoms with E-state index in [1.807, 2.05) is 0 Å². The van der Waals surface area contributed by atoms with E-state index in [9.17, 15) is 18.4 Å². The summed E-state index contributed by atoms with van der Waals surface area (Å²) < 4.78 is 24.6. The molecule has 0 heterocycles. The van der Waals surface area contributed by atoms with Gasteiger partial charge in [-0.3, -0.25) is 9.59 Å². The molecule has 1 aliphatic rings. The number of nitrogens with one attached hydrogen (secondary N) is 2. The predicted molar refractivity (Wildman–Crippen MR) is 94.1 cm³/mol. The average molecular weight is 362 g/mol. The van der Waals surface area contributed by atoms with Crippen molar-refractivity contribution >= 4 is 35.0 Å². The Labute approximate surface area is 148 Å². The smallest absolute Gasteiger partial charge is 0.288 e. The van der Waals surface area contributed by atoms with E-state index in [0.29, 0.717) is 33.6 Å². The van der Waals surface area contributed by atoms with E-state index >= 15 is 0 Å².